The minimum Gasteiger partial charge on any atom is -0.257 e. The number of hydrogen-bond donors (Lipinski definition) is 0. The summed E-state index contributed by atoms with van der Waals surface area (Å²) in [6.07, 6.45) is 13.2. The summed E-state index contributed by atoms with van der Waals surface area (Å²) in [7, 11) is 0. The van der Waals surface area contributed by atoms with E-state index < -0.39 is 0 Å². The first-order valence-electron chi connectivity index (χ1n) is 15.0. The zero-order chi connectivity index (χ0) is 25.7. The summed E-state index contributed by atoms with van der Waals surface area (Å²) in [5, 5.41) is 0. The van der Waals surface area contributed by atoms with Crippen LogP contribution in [0.15, 0.2) is 30.3 Å². The number of hydrogen-bond acceptors (Lipinski definition) is 2. The molecule has 0 aliphatic heterocycles. The van der Waals surface area contributed by atoms with Crippen molar-refractivity contribution in [1.29, 1.82) is 0 Å². The second kappa shape index (κ2) is 9.68. The highest BCUT2D eigenvalue weighted by atomic mass is 14.8. The third-order valence-corrected chi connectivity index (χ3v) is 9.31. The Morgan fingerprint density at radius 1 is 0.865 bits per heavy atom. The van der Waals surface area contributed by atoms with Gasteiger partial charge in [-0.05, 0) is 121 Å². The molecule has 2 heteroatoms. The zero-order valence-electron chi connectivity index (χ0n) is 23.7. The quantitative estimate of drug-likeness (QED) is 0.315. The number of nitrogens with zero attached hydrogens (tertiary/aromatic N) is 2. The van der Waals surface area contributed by atoms with Crippen molar-refractivity contribution in [3.63, 3.8) is 0 Å². The lowest BCUT2D eigenvalue weighted by molar-refractivity contribution is 0.467. The fourth-order valence-electron chi connectivity index (χ4n) is 7.47. The van der Waals surface area contributed by atoms with E-state index in [1.165, 1.54) is 78.8 Å². The molecule has 2 heterocycles. The molecular formula is C35H44N2. The van der Waals surface area contributed by atoms with Gasteiger partial charge in [0.15, 0.2) is 0 Å². The first-order chi connectivity index (χ1) is 17.9. The predicted octanol–water partition coefficient (Wildman–Crippen LogP) is 8.59. The van der Waals surface area contributed by atoms with Gasteiger partial charge in [-0.3, -0.25) is 9.97 Å². The second-order valence-corrected chi connectivity index (χ2v) is 12.8. The third-order valence-electron chi connectivity index (χ3n) is 9.31. The van der Waals surface area contributed by atoms with E-state index in [9.17, 15) is 0 Å². The summed E-state index contributed by atoms with van der Waals surface area (Å²) in [5.41, 5.74) is 16.5. The normalized spacial score (nSPS) is 16.9. The number of pyridine rings is 2. The molecule has 0 saturated heterocycles. The smallest absolute Gasteiger partial charge is 0.0488 e. The van der Waals surface area contributed by atoms with Crippen LogP contribution < -0.4 is 0 Å². The van der Waals surface area contributed by atoms with Crippen molar-refractivity contribution in [2.75, 3.05) is 0 Å². The zero-order valence-corrected chi connectivity index (χ0v) is 23.7. The van der Waals surface area contributed by atoms with Gasteiger partial charge in [-0.1, -0.05) is 65.0 Å². The first kappa shape index (κ1) is 24.8. The monoisotopic (exact) mass is 492 g/mol. The third kappa shape index (κ3) is 4.45. The van der Waals surface area contributed by atoms with Crippen LogP contribution in [0.1, 0.15) is 129 Å². The minimum atomic E-state index is 0.117. The Kier molecular flexibility index (Phi) is 6.50. The molecule has 0 radical (unpaired) electrons. The van der Waals surface area contributed by atoms with Gasteiger partial charge in [-0.15, -0.1) is 0 Å². The van der Waals surface area contributed by atoms with Crippen LogP contribution in [-0.4, -0.2) is 9.97 Å². The molecule has 3 aliphatic rings. The van der Waals surface area contributed by atoms with Crippen molar-refractivity contribution in [2.45, 2.75) is 122 Å². The number of benzene rings is 1. The molecular weight excluding hydrogens is 448 g/mol. The Balaban J connectivity index is 1.44. The molecule has 37 heavy (non-hydrogen) atoms. The average Bonchev–Trinajstić information content (AvgIpc) is 3.44. The predicted molar refractivity (Wildman–Crippen MR) is 155 cm³/mol. The summed E-state index contributed by atoms with van der Waals surface area (Å²) in [6.45, 7) is 12.1. The van der Waals surface area contributed by atoms with Crippen LogP contribution >= 0.6 is 0 Å². The molecule has 0 atom stereocenters. The van der Waals surface area contributed by atoms with Gasteiger partial charge in [0, 0.05) is 28.3 Å². The highest BCUT2D eigenvalue weighted by Crippen LogP contribution is 2.50. The molecule has 0 spiro atoms. The average molecular weight is 493 g/mol. The second-order valence-electron chi connectivity index (χ2n) is 12.8. The SMILES string of the molecule is CCc1nc2c(c(C(C)(C)CCc3nc4c(c(C(C)C)c3-c3ccccc3)CCC4)c1C1CC1)CCC2. The van der Waals surface area contributed by atoms with Crippen LogP contribution in [0.4, 0.5) is 0 Å². The Labute approximate surface area is 224 Å². The van der Waals surface area contributed by atoms with E-state index in [1.807, 2.05) is 0 Å². The molecule has 0 bridgehead atoms. The Hall–Kier alpha value is -2.48. The fourth-order valence-corrected chi connectivity index (χ4v) is 7.47. The Morgan fingerprint density at radius 3 is 2.16 bits per heavy atom. The van der Waals surface area contributed by atoms with Crippen molar-refractivity contribution in [2.24, 2.45) is 0 Å². The number of aryl methyl sites for hydroxylation is 4. The van der Waals surface area contributed by atoms with Gasteiger partial charge >= 0.3 is 0 Å². The molecule has 0 unspecified atom stereocenters. The van der Waals surface area contributed by atoms with Crippen molar-refractivity contribution < 1.29 is 0 Å². The molecule has 1 aromatic carbocycles. The molecule has 1 fully saturated rings. The van der Waals surface area contributed by atoms with Gasteiger partial charge in [0.05, 0.1) is 0 Å². The summed E-state index contributed by atoms with van der Waals surface area (Å²) < 4.78 is 0. The molecule has 0 N–H and O–H groups in total. The van der Waals surface area contributed by atoms with Crippen molar-refractivity contribution in [1.82, 2.24) is 9.97 Å². The topological polar surface area (TPSA) is 25.8 Å². The maximum absolute atomic E-state index is 5.43. The van der Waals surface area contributed by atoms with E-state index in [2.05, 4.69) is 65.0 Å². The Morgan fingerprint density at radius 2 is 1.51 bits per heavy atom. The van der Waals surface area contributed by atoms with Crippen LogP contribution in [0.25, 0.3) is 11.1 Å². The fraction of sp³-hybridized carbons (Fsp3) is 0.543. The largest absolute Gasteiger partial charge is 0.257 e. The van der Waals surface area contributed by atoms with Crippen molar-refractivity contribution >= 4 is 0 Å². The Bertz CT molecular complexity index is 1310. The van der Waals surface area contributed by atoms with Crippen LogP contribution in [-0.2, 0) is 43.9 Å². The van der Waals surface area contributed by atoms with Crippen LogP contribution in [0.3, 0.4) is 0 Å². The van der Waals surface area contributed by atoms with E-state index in [-0.39, 0.29) is 5.41 Å². The van der Waals surface area contributed by atoms with Gasteiger partial charge in [0.25, 0.3) is 0 Å². The highest BCUT2D eigenvalue weighted by Gasteiger charge is 2.38. The van der Waals surface area contributed by atoms with Gasteiger partial charge in [-0.25, -0.2) is 0 Å². The van der Waals surface area contributed by atoms with E-state index in [4.69, 9.17) is 9.97 Å². The van der Waals surface area contributed by atoms with Gasteiger partial charge in [-0.2, -0.15) is 0 Å². The molecule has 194 valence electrons. The molecule has 2 nitrogen and oxygen atoms in total. The maximum Gasteiger partial charge on any atom is 0.0488 e. The molecule has 0 amide bonds. The number of aromatic nitrogens is 2. The molecule has 6 rings (SSSR count). The van der Waals surface area contributed by atoms with E-state index >= 15 is 0 Å². The summed E-state index contributed by atoms with van der Waals surface area (Å²) in [6, 6.07) is 11.1. The summed E-state index contributed by atoms with van der Waals surface area (Å²) >= 11 is 0. The number of rotatable bonds is 8. The molecule has 3 aliphatic carbocycles. The lowest BCUT2D eigenvalue weighted by Crippen LogP contribution is -2.25. The van der Waals surface area contributed by atoms with Gasteiger partial charge in [0.1, 0.15) is 0 Å². The van der Waals surface area contributed by atoms with Gasteiger partial charge in [0.2, 0.25) is 0 Å². The summed E-state index contributed by atoms with van der Waals surface area (Å²) in [5.74, 6) is 1.25. The van der Waals surface area contributed by atoms with E-state index in [0.29, 0.717) is 5.92 Å². The van der Waals surface area contributed by atoms with E-state index in [1.54, 1.807) is 27.8 Å². The van der Waals surface area contributed by atoms with Crippen LogP contribution in [0, 0.1) is 0 Å². The molecule has 3 aromatic rings. The lowest BCUT2D eigenvalue weighted by atomic mass is 9.73. The molecule has 2 aromatic heterocycles. The van der Waals surface area contributed by atoms with Gasteiger partial charge < -0.3 is 0 Å². The maximum atomic E-state index is 5.43. The minimum absolute atomic E-state index is 0.117. The lowest BCUT2D eigenvalue weighted by Gasteiger charge is -2.32. The highest BCUT2D eigenvalue weighted by molar-refractivity contribution is 5.73. The van der Waals surface area contributed by atoms with E-state index in [0.717, 1.165) is 31.6 Å². The van der Waals surface area contributed by atoms with Crippen LogP contribution in [0.5, 0.6) is 0 Å². The number of fused-ring (bicyclic) bond motifs is 2. The van der Waals surface area contributed by atoms with Crippen LogP contribution in [0.2, 0.25) is 0 Å². The van der Waals surface area contributed by atoms with Crippen molar-refractivity contribution in [3.8, 4) is 11.1 Å². The molecule has 1 saturated carbocycles. The summed E-state index contributed by atoms with van der Waals surface area (Å²) in [4.78, 5) is 10.7. The first-order valence-corrected chi connectivity index (χ1v) is 15.0. The standard InChI is InChI=1S/C35H44N2/c1-6-27-33(24-18-19-24)34(26-15-11-17-29(26)36-27)35(4,5)21-20-30-32(23-12-8-7-9-13-23)31(22(2)3)25-14-10-16-28(25)37-30/h7-9,12-13,22,24H,6,10-11,14-21H2,1-5H3. The van der Waals surface area contributed by atoms with Crippen molar-refractivity contribution in [3.05, 3.63) is 80.9 Å².